The van der Waals surface area contributed by atoms with Crippen molar-refractivity contribution in [2.75, 3.05) is 5.32 Å². The Morgan fingerprint density at radius 1 is 1.35 bits per heavy atom. The van der Waals surface area contributed by atoms with Gasteiger partial charge in [0.2, 0.25) is 5.76 Å². The van der Waals surface area contributed by atoms with E-state index in [1.165, 1.54) is 6.07 Å². The molecule has 0 radical (unpaired) electrons. The van der Waals surface area contributed by atoms with Gasteiger partial charge in [-0.25, -0.2) is 4.79 Å². The van der Waals surface area contributed by atoms with Gasteiger partial charge in [0.15, 0.2) is 5.88 Å². The first-order valence-corrected chi connectivity index (χ1v) is 5.78. The van der Waals surface area contributed by atoms with Gasteiger partial charge in [-0.3, -0.25) is 0 Å². The molecule has 88 valence electrons. The van der Waals surface area contributed by atoms with Crippen molar-refractivity contribution in [2.24, 2.45) is 0 Å². The maximum absolute atomic E-state index is 10.6. The quantitative estimate of drug-likeness (QED) is 0.893. The molecule has 2 N–H and O–H groups in total. The van der Waals surface area contributed by atoms with Crippen molar-refractivity contribution < 1.29 is 14.3 Å². The minimum absolute atomic E-state index is 0.111. The number of aromatic carboxylic acids is 1. The van der Waals surface area contributed by atoms with Crippen molar-refractivity contribution in [1.82, 2.24) is 0 Å². The third-order valence-corrected chi connectivity index (χ3v) is 3.22. The largest absolute Gasteiger partial charge is 0.475 e. The van der Waals surface area contributed by atoms with Crippen LogP contribution in [0.2, 0.25) is 5.02 Å². The zero-order valence-corrected chi connectivity index (χ0v) is 10.7. The molecule has 0 aliphatic carbocycles. The number of hydrogen-bond acceptors (Lipinski definition) is 3. The highest BCUT2D eigenvalue weighted by Gasteiger charge is 2.09. The Morgan fingerprint density at radius 3 is 2.71 bits per heavy atom. The summed E-state index contributed by atoms with van der Waals surface area (Å²) in [5, 5.41) is 12.2. The highest BCUT2D eigenvalue weighted by atomic mass is 79.9. The highest BCUT2D eigenvalue weighted by Crippen LogP contribution is 2.27. The second-order valence-corrected chi connectivity index (χ2v) is 4.48. The van der Waals surface area contributed by atoms with Gasteiger partial charge >= 0.3 is 5.97 Å². The number of carbonyl (C=O) groups is 1. The van der Waals surface area contributed by atoms with Crippen molar-refractivity contribution in [2.45, 2.75) is 0 Å². The van der Waals surface area contributed by atoms with Crippen LogP contribution in [0.4, 0.5) is 11.6 Å². The van der Waals surface area contributed by atoms with Crippen LogP contribution in [-0.2, 0) is 0 Å². The molecule has 0 spiro atoms. The first-order valence-electron chi connectivity index (χ1n) is 4.61. The van der Waals surface area contributed by atoms with Crippen LogP contribution in [0.1, 0.15) is 10.6 Å². The van der Waals surface area contributed by atoms with Crippen molar-refractivity contribution in [3.8, 4) is 0 Å². The van der Waals surface area contributed by atoms with E-state index in [1.807, 2.05) is 0 Å². The van der Waals surface area contributed by atoms with E-state index < -0.39 is 5.97 Å². The lowest BCUT2D eigenvalue weighted by atomic mass is 10.3. The van der Waals surface area contributed by atoms with E-state index in [4.69, 9.17) is 21.1 Å². The van der Waals surface area contributed by atoms with E-state index in [2.05, 4.69) is 21.2 Å². The van der Waals surface area contributed by atoms with Gasteiger partial charge in [0, 0.05) is 16.2 Å². The van der Waals surface area contributed by atoms with Gasteiger partial charge in [0.25, 0.3) is 0 Å². The van der Waals surface area contributed by atoms with E-state index in [1.54, 1.807) is 24.3 Å². The Kier molecular flexibility index (Phi) is 3.40. The van der Waals surface area contributed by atoms with Crippen molar-refractivity contribution >= 4 is 45.1 Å². The summed E-state index contributed by atoms with van der Waals surface area (Å²) in [6, 6.07) is 8.18. The number of carboxylic acid groups (broad SMARTS) is 1. The molecule has 0 aliphatic heterocycles. The van der Waals surface area contributed by atoms with Gasteiger partial charge < -0.3 is 14.8 Å². The smallest absolute Gasteiger partial charge is 0.371 e. The summed E-state index contributed by atoms with van der Waals surface area (Å²) in [5.74, 6) is -0.854. The Hall–Kier alpha value is -1.46. The molecule has 1 aromatic heterocycles. The fourth-order valence-corrected chi connectivity index (χ4v) is 1.73. The molecule has 0 unspecified atom stereocenters. The standard InChI is InChI=1S/C11H7BrClNO3/c12-7-5-6(1-2-8(7)13)14-10-4-3-9(17-10)11(15)16/h1-5,14H,(H,15,16). The van der Waals surface area contributed by atoms with Crippen molar-refractivity contribution in [1.29, 1.82) is 0 Å². The fourth-order valence-electron chi connectivity index (χ4n) is 1.24. The molecule has 1 aromatic carbocycles. The van der Waals surface area contributed by atoms with E-state index >= 15 is 0 Å². The van der Waals surface area contributed by atoms with E-state index in [0.717, 1.165) is 10.2 Å². The van der Waals surface area contributed by atoms with Gasteiger partial charge in [-0.2, -0.15) is 0 Å². The van der Waals surface area contributed by atoms with Crippen LogP contribution < -0.4 is 5.32 Å². The number of benzene rings is 1. The number of nitrogens with one attached hydrogen (secondary N) is 1. The normalized spacial score (nSPS) is 10.2. The van der Waals surface area contributed by atoms with Gasteiger partial charge in [-0.15, -0.1) is 0 Å². The maximum atomic E-state index is 10.6. The molecule has 2 aromatic rings. The van der Waals surface area contributed by atoms with Gasteiger partial charge in [0.1, 0.15) is 0 Å². The zero-order chi connectivity index (χ0) is 12.4. The Morgan fingerprint density at radius 2 is 2.12 bits per heavy atom. The van der Waals surface area contributed by atoms with Crippen LogP contribution in [0.5, 0.6) is 0 Å². The molecule has 0 atom stereocenters. The molecule has 0 saturated carbocycles. The van der Waals surface area contributed by atoms with Crippen LogP contribution in [0.25, 0.3) is 0 Å². The van der Waals surface area contributed by atoms with Crippen molar-refractivity contribution in [3.63, 3.8) is 0 Å². The van der Waals surface area contributed by atoms with Gasteiger partial charge in [0.05, 0.1) is 5.02 Å². The van der Waals surface area contributed by atoms with E-state index in [9.17, 15) is 4.79 Å². The topological polar surface area (TPSA) is 62.5 Å². The lowest BCUT2D eigenvalue weighted by molar-refractivity contribution is 0.0663. The molecule has 0 bridgehead atoms. The summed E-state index contributed by atoms with van der Waals surface area (Å²) in [5.41, 5.74) is 0.743. The molecular weight excluding hydrogens is 309 g/mol. The lowest BCUT2D eigenvalue weighted by Crippen LogP contribution is -1.92. The summed E-state index contributed by atoms with van der Waals surface area (Å²) < 4.78 is 5.80. The Bertz CT molecular complexity index is 568. The minimum Gasteiger partial charge on any atom is -0.475 e. The van der Waals surface area contributed by atoms with Crippen molar-refractivity contribution in [3.05, 3.63) is 45.6 Å². The first kappa shape index (κ1) is 12.0. The lowest BCUT2D eigenvalue weighted by Gasteiger charge is -2.04. The number of hydrogen-bond donors (Lipinski definition) is 2. The summed E-state index contributed by atoms with van der Waals surface area (Å²) in [7, 11) is 0. The van der Waals surface area contributed by atoms with Crippen LogP contribution in [0.15, 0.2) is 39.2 Å². The number of rotatable bonds is 3. The molecule has 0 saturated heterocycles. The summed E-state index contributed by atoms with van der Waals surface area (Å²) in [6.45, 7) is 0. The molecule has 0 aliphatic rings. The second-order valence-electron chi connectivity index (χ2n) is 3.22. The molecule has 1 heterocycles. The monoisotopic (exact) mass is 315 g/mol. The molecular formula is C11H7BrClNO3. The molecule has 0 amide bonds. The average molecular weight is 317 g/mol. The Labute approximate surface area is 110 Å². The molecule has 4 nitrogen and oxygen atoms in total. The SMILES string of the molecule is O=C(O)c1ccc(Nc2ccc(Cl)c(Br)c2)o1. The third kappa shape index (κ3) is 2.81. The summed E-state index contributed by atoms with van der Waals surface area (Å²) in [4.78, 5) is 10.6. The number of furan rings is 1. The summed E-state index contributed by atoms with van der Waals surface area (Å²) >= 11 is 9.14. The highest BCUT2D eigenvalue weighted by molar-refractivity contribution is 9.10. The maximum Gasteiger partial charge on any atom is 0.371 e. The number of carboxylic acids is 1. The number of halogens is 2. The van der Waals surface area contributed by atoms with Gasteiger partial charge in [-0.05, 0) is 40.2 Å². The van der Waals surface area contributed by atoms with E-state index in [0.29, 0.717) is 10.9 Å². The third-order valence-electron chi connectivity index (χ3n) is 2.00. The van der Waals surface area contributed by atoms with E-state index in [-0.39, 0.29) is 5.76 Å². The van der Waals surface area contributed by atoms with Crippen LogP contribution >= 0.6 is 27.5 Å². The second kappa shape index (κ2) is 4.81. The van der Waals surface area contributed by atoms with Gasteiger partial charge in [-0.1, -0.05) is 11.6 Å². The molecule has 2 rings (SSSR count). The van der Waals surface area contributed by atoms with Crippen LogP contribution in [-0.4, -0.2) is 11.1 Å². The predicted octanol–water partition coefficient (Wildman–Crippen LogP) is 4.14. The average Bonchev–Trinajstić information content (AvgIpc) is 2.72. The molecule has 17 heavy (non-hydrogen) atoms. The summed E-state index contributed by atoms with van der Waals surface area (Å²) in [6.07, 6.45) is 0. The fraction of sp³-hybridized carbons (Fsp3) is 0. The zero-order valence-electron chi connectivity index (χ0n) is 8.41. The number of anilines is 2. The predicted molar refractivity (Wildman–Crippen MR) is 68.1 cm³/mol. The minimum atomic E-state index is -1.10. The van der Waals surface area contributed by atoms with Crippen LogP contribution in [0.3, 0.4) is 0 Å². The molecule has 0 fully saturated rings. The molecule has 6 heteroatoms. The van der Waals surface area contributed by atoms with Crippen LogP contribution in [0, 0.1) is 0 Å². The first-order chi connectivity index (χ1) is 8.06. The Balaban J connectivity index is 2.19.